The highest BCUT2D eigenvalue weighted by Gasteiger charge is 2.33. The van der Waals surface area contributed by atoms with E-state index in [2.05, 4.69) is 424 Å². The number of nitrogens with one attached hydrogen (secondary N) is 4. The first kappa shape index (κ1) is 86.4. The van der Waals surface area contributed by atoms with Gasteiger partial charge in [0.25, 0.3) is 0 Å². The standard InChI is InChI=1S/C118H124N8O2/c1-66-51-68(3)101(69(4)52-66)109-97-47-43-87(123-97)104(88-44-48-98(124-88)110(102-70(5)53-67(2)54-71(102)6)100-50-46-90(126-100)105(89-45-49-99(109)125-89)74-31-33-75(34-32-74)111-127-64-118(25,26)65-128-111)73-29-27-72(28-30-73)103-85-35-37-91(119-85)106(76-55-79(112(7,8)9)61-80(56-76)113(10,11)12)93-39-41-95(121-93)108(78-59-83(116(19,20)21)63-84(60-78)117(22,23)24)96-42-40-94(122-96)107(92-38-36-86(103)120-92)77-57-81(114(13,14)15)62-82(58-77)115(16,17)18/h27-63,111,119,122-123,126H,64-65H2,1-26H3. The summed E-state index contributed by atoms with van der Waals surface area (Å²) >= 11 is 0. The van der Waals surface area contributed by atoms with Crippen molar-refractivity contribution < 1.29 is 9.47 Å². The largest absolute Gasteiger partial charge is 0.354 e. The van der Waals surface area contributed by atoms with Crippen LogP contribution in [0.25, 0.3) is 182 Å². The van der Waals surface area contributed by atoms with Crippen LogP contribution in [0.4, 0.5) is 0 Å². The fourth-order valence-corrected chi connectivity index (χ4v) is 19.3. The Morgan fingerprint density at radius 2 is 0.438 bits per heavy atom. The van der Waals surface area contributed by atoms with Crippen LogP contribution in [0.3, 0.4) is 0 Å². The van der Waals surface area contributed by atoms with E-state index in [1.807, 2.05) is 0 Å². The molecular weight excluding hydrogens is 1560 g/mol. The lowest BCUT2D eigenvalue weighted by molar-refractivity contribution is -0.226. The highest BCUT2D eigenvalue weighted by Crippen LogP contribution is 2.49. The van der Waals surface area contributed by atoms with E-state index >= 15 is 0 Å². The van der Waals surface area contributed by atoms with Crippen molar-refractivity contribution in [2.45, 2.75) is 219 Å². The van der Waals surface area contributed by atoms with Crippen LogP contribution in [-0.2, 0) is 42.0 Å². The molecule has 0 atom stereocenters. The SMILES string of the molecule is Cc1cc(C)c(-c2c3nc(c(-c4ccc(C5OCC(C)(C)CO5)cc4)c4ccc([nH]4)c(-c4c(C)cc(C)cc4C)c4nc(c(-c5ccc(-c6c7nc(c(-c8cc(C(C)(C)C)cc(C(C)(C)C)c8)c8ccc([nH]8)c(-c8cc(C(C)(C)C)cc(C(C)(C)C)c8)c8nc(c(-c9cc(C(C)(C)C)cc(C(C)(C)C)c9)c9ccc6[nH]9)C=C8)C=C7)cc5)c5ccc2[nH]5)C=C4)C=C3)c(C)c1. The van der Waals surface area contributed by atoms with Crippen molar-refractivity contribution >= 4 is 92.7 Å². The Kier molecular flexibility index (Phi) is 21.3. The van der Waals surface area contributed by atoms with Crippen molar-refractivity contribution in [3.8, 4) is 89.0 Å². The lowest BCUT2D eigenvalue weighted by atomic mass is 9.78. The van der Waals surface area contributed by atoms with Gasteiger partial charge in [-0.1, -0.05) is 277 Å². The zero-order chi connectivity index (χ0) is 90.7. The molecule has 0 unspecified atom stereocenters. The Morgan fingerprint density at radius 1 is 0.242 bits per heavy atom. The van der Waals surface area contributed by atoms with Gasteiger partial charge >= 0.3 is 0 Å². The zero-order valence-corrected chi connectivity index (χ0v) is 80.0. The number of hydrogen-bond donors (Lipinski definition) is 4. The molecular formula is C118H124N8O2. The minimum Gasteiger partial charge on any atom is -0.354 e. The van der Waals surface area contributed by atoms with E-state index in [-0.39, 0.29) is 37.9 Å². The Morgan fingerprint density at radius 3 is 0.656 bits per heavy atom. The molecule has 0 spiro atoms. The number of aryl methyl sites for hydroxylation is 6. The Hall–Kier alpha value is -12.3. The first-order valence-electron chi connectivity index (χ1n) is 45.8. The molecule has 11 heterocycles. The second kappa shape index (κ2) is 31.6. The Bertz CT molecular complexity index is 6970. The summed E-state index contributed by atoms with van der Waals surface area (Å²) in [5.41, 5.74) is 45.3. The van der Waals surface area contributed by atoms with E-state index < -0.39 is 6.29 Å². The zero-order valence-electron chi connectivity index (χ0n) is 80.0. The number of fused-ring (bicyclic) bond motifs is 16. The monoisotopic (exact) mass is 1680 g/mol. The van der Waals surface area contributed by atoms with E-state index in [1.165, 1.54) is 66.8 Å². The number of hydrogen-bond acceptors (Lipinski definition) is 6. The summed E-state index contributed by atoms with van der Waals surface area (Å²) in [7, 11) is 0. The molecule has 0 amide bonds. The van der Waals surface area contributed by atoms with Crippen LogP contribution < -0.4 is 0 Å². The molecule has 0 saturated carbocycles. The molecule has 10 nitrogen and oxygen atoms in total. The average molecular weight is 1690 g/mol. The number of benzene rings is 7. The van der Waals surface area contributed by atoms with Crippen LogP contribution in [0.15, 0.2) is 176 Å². The first-order valence-corrected chi connectivity index (χ1v) is 45.8. The van der Waals surface area contributed by atoms with E-state index in [9.17, 15) is 0 Å². The van der Waals surface area contributed by atoms with Crippen molar-refractivity contribution in [2.24, 2.45) is 5.41 Å². The summed E-state index contributed by atoms with van der Waals surface area (Å²) in [5.74, 6) is 0. The van der Waals surface area contributed by atoms with E-state index in [1.54, 1.807) is 0 Å². The van der Waals surface area contributed by atoms with Gasteiger partial charge in [0.2, 0.25) is 0 Å². The molecule has 6 aromatic heterocycles. The van der Waals surface area contributed by atoms with Crippen LogP contribution in [0.2, 0.25) is 0 Å². The third-order valence-corrected chi connectivity index (χ3v) is 26.4. The van der Waals surface area contributed by atoms with Gasteiger partial charge in [0.05, 0.1) is 58.8 Å². The van der Waals surface area contributed by atoms with Crippen LogP contribution in [0, 0.1) is 47.0 Å². The van der Waals surface area contributed by atoms with Gasteiger partial charge in [0.1, 0.15) is 0 Å². The van der Waals surface area contributed by atoms with Crippen LogP contribution in [0.1, 0.15) is 263 Å². The van der Waals surface area contributed by atoms with E-state index in [0.717, 1.165) is 184 Å². The van der Waals surface area contributed by atoms with E-state index in [0.29, 0.717) is 13.2 Å². The van der Waals surface area contributed by atoms with Gasteiger partial charge in [-0.15, -0.1) is 0 Å². The molecule has 5 aliphatic rings. The summed E-state index contributed by atoms with van der Waals surface area (Å²) < 4.78 is 12.7. The van der Waals surface area contributed by atoms with Gasteiger partial charge in [0.15, 0.2) is 6.29 Å². The van der Waals surface area contributed by atoms with Gasteiger partial charge in [-0.25, -0.2) is 19.9 Å². The lowest BCUT2D eigenvalue weighted by Gasteiger charge is -2.34. The smallest absolute Gasteiger partial charge is 0.183 e. The second-order valence-corrected chi connectivity index (χ2v) is 43.8. The van der Waals surface area contributed by atoms with Gasteiger partial charge in [0, 0.05) is 99.6 Å². The summed E-state index contributed by atoms with van der Waals surface area (Å²) in [4.78, 5) is 40.3. The molecule has 1 fully saturated rings. The van der Waals surface area contributed by atoms with Crippen molar-refractivity contribution in [1.82, 2.24) is 39.9 Å². The van der Waals surface area contributed by atoms with Gasteiger partial charge in [-0.3, -0.25) is 0 Å². The fraction of sp³-hybridized carbons (Fsp3) is 0.305. The summed E-state index contributed by atoms with van der Waals surface area (Å²) in [6, 6.07) is 66.7. The number of rotatable bonds is 9. The number of ether oxygens (including phenoxy) is 2. The van der Waals surface area contributed by atoms with Crippen LogP contribution in [-0.4, -0.2) is 53.1 Å². The van der Waals surface area contributed by atoms with Crippen molar-refractivity contribution in [3.63, 3.8) is 0 Å². The maximum Gasteiger partial charge on any atom is 0.183 e. The normalized spacial score (nSPS) is 14.4. The third kappa shape index (κ3) is 16.5. The van der Waals surface area contributed by atoms with Gasteiger partial charge in [-0.05, 0) is 271 Å². The molecule has 128 heavy (non-hydrogen) atoms. The fourth-order valence-electron chi connectivity index (χ4n) is 19.3. The Labute approximate surface area is 757 Å². The first-order chi connectivity index (χ1) is 60.3. The molecule has 1 saturated heterocycles. The van der Waals surface area contributed by atoms with Crippen molar-refractivity contribution in [1.29, 1.82) is 0 Å². The molecule has 648 valence electrons. The van der Waals surface area contributed by atoms with E-state index in [4.69, 9.17) is 29.4 Å². The van der Waals surface area contributed by atoms with Crippen molar-refractivity contribution in [2.75, 3.05) is 13.2 Å². The minimum absolute atomic E-state index is 0.0603. The van der Waals surface area contributed by atoms with Gasteiger partial charge < -0.3 is 29.4 Å². The highest BCUT2D eigenvalue weighted by atomic mass is 16.7. The molecule has 5 aliphatic heterocycles. The summed E-state index contributed by atoms with van der Waals surface area (Å²) in [5, 5.41) is 0. The lowest BCUT2D eigenvalue weighted by Crippen LogP contribution is -2.33. The maximum atomic E-state index is 6.35. The second-order valence-electron chi connectivity index (χ2n) is 43.8. The number of nitrogens with zero attached hydrogens (tertiary/aromatic N) is 4. The number of aromatic amines is 4. The topological polar surface area (TPSA) is 133 Å². The molecule has 0 radical (unpaired) electrons. The van der Waals surface area contributed by atoms with Gasteiger partial charge in [-0.2, -0.15) is 0 Å². The average Bonchev–Trinajstić information content (AvgIpc) is 1.57. The number of H-pyrrole nitrogens is 4. The minimum atomic E-state index is -0.453. The molecule has 16 bridgehead atoms. The Balaban J connectivity index is 0.924. The maximum absolute atomic E-state index is 6.35. The molecule has 10 heteroatoms. The molecule has 0 aliphatic carbocycles. The molecule has 4 N–H and O–H groups in total. The van der Waals surface area contributed by atoms with Crippen molar-refractivity contribution in [3.05, 3.63) is 294 Å². The molecule has 13 aromatic rings. The molecule has 18 rings (SSSR count). The summed E-state index contributed by atoms with van der Waals surface area (Å²) in [6.07, 6.45) is 17.4. The third-order valence-electron chi connectivity index (χ3n) is 26.4. The predicted octanol–water partition coefficient (Wildman–Crippen LogP) is 31.7. The quantitative estimate of drug-likeness (QED) is 0.114. The van der Waals surface area contributed by atoms with Crippen LogP contribution in [0.5, 0.6) is 0 Å². The number of aromatic nitrogens is 8. The predicted molar refractivity (Wildman–Crippen MR) is 544 cm³/mol. The van der Waals surface area contributed by atoms with Crippen LogP contribution >= 0.6 is 0 Å². The molecule has 7 aromatic carbocycles. The summed E-state index contributed by atoms with van der Waals surface area (Å²) in [6.45, 7) is 60.7. The highest BCUT2D eigenvalue weighted by molar-refractivity contribution is 6.04.